The van der Waals surface area contributed by atoms with Crippen molar-refractivity contribution in [1.29, 1.82) is 0 Å². The molecule has 0 heterocycles. The first-order chi connectivity index (χ1) is 8.80. The van der Waals surface area contributed by atoms with E-state index in [2.05, 4.69) is 0 Å². The Hall–Kier alpha value is -1.91. The van der Waals surface area contributed by atoms with Crippen LogP contribution in [0.2, 0.25) is 0 Å². The fourth-order valence-electron chi connectivity index (χ4n) is 1.86. The van der Waals surface area contributed by atoms with E-state index in [9.17, 15) is 22.0 Å². The second-order valence-corrected chi connectivity index (χ2v) is 4.13. The zero-order valence-electron chi connectivity index (χ0n) is 9.85. The number of hydrogen-bond donors (Lipinski definition) is 0. The molecule has 0 radical (unpaired) electrons. The molecule has 2 rings (SSSR count). The lowest BCUT2D eigenvalue weighted by atomic mass is 9.97. The molecule has 0 aliphatic heterocycles. The fraction of sp³-hybridized carbons (Fsp3) is 0.143. The molecule has 2 aromatic rings. The van der Waals surface area contributed by atoms with Crippen LogP contribution in [0, 0.1) is 18.6 Å². The largest absolute Gasteiger partial charge is 0.417 e. The monoisotopic (exact) mass is 272 g/mol. The van der Waals surface area contributed by atoms with E-state index in [1.807, 2.05) is 0 Å². The minimum absolute atomic E-state index is 0.00400. The molecule has 100 valence electrons. The van der Waals surface area contributed by atoms with Crippen molar-refractivity contribution in [3.63, 3.8) is 0 Å². The van der Waals surface area contributed by atoms with Gasteiger partial charge >= 0.3 is 6.18 Å². The molecule has 0 aromatic heterocycles. The van der Waals surface area contributed by atoms with Crippen LogP contribution in [-0.2, 0) is 6.18 Å². The number of rotatable bonds is 1. The van der Waals surface area contributed by atoms with Crippen molar-refractivity contribution < 1.29 is 22.0 Å². The first kappa shape index (κ1) is 13.5. The molecule has 19 heavy (non-hydrogen) atoms. The van der Waals surface area contributed by atoms with E-state index in [-0.39, 0.29) is 16.7 Å². The lowest BCUT2D eigenvalue weighted by molar-refractivity contribution is -0.137. The molecule has 0 unspecified atom stereocenters. The van der Waals surface area contributed by atoms with Crippen LogP contribution in [0.5, 0.6) is 0 Å². The van der Waals surface area contributed by atoms with E-state index in [4.69, 9.17) is 0 Å². The maximum atomic E-state index is 13.3. The predicted molar refractivity (Wildman–Crippen MR) is 61.5 cm³/mol. The van der Waals surface area contributed by atoms with Crippen LogP contribution in [0.1, 0.15) is 11.1 Å². The smallest absolute Gasteiger partial charge is 0.204 e. The van der Waals surface area contributed by atoms with Gasteiger partial charge in [0.2, 0.25) is 0 Å². The highest BCUT2D eigenvalue weighted by atomic mass is 19.4. The summed E-state index contributed by atoms with van der Waals surface area (Å²) in [6.07, 6.45) is -4.55. The highest BCUT2D eigenvalue weighted by molar-refractivity contribution is 5.68. The third-order valence-electron chi connectivity index (χ3n) is 2.75. The van der Waals surface area contributed by atoms with Crippen molar-refractivity contribution in [3.8, 4) is 11.1 Å². The van der Waals surface area contributed by atoms with Gasteiger partial charge in [0.25, 0.3) is 0 Å². The van der Waals surface area contributed by atoms with Crippen LogP contribution in [0.15, 0.2) is 36.4 Å². The molecule has 0 aliphatic rings. The van der Waals surface area contributed by atoms with Crippen molar-refractivity contribution in [2.75, 3.05) is 0 Å². The van der Waals surface area contributed by atoms with E-state index in [1.165, 1.54) is 31.2 Å². The number of alkyl halides is 3. The van der Waals surface area contributed by atoms with Gasteiger partial charge in [0, 0.05) is 0 Å². The Bertz CT molecular complexity index is 590. The maximum absolute atomic E-state index is 13.3. The molecule has 0 spiro atoms. The Morgan fingerprint density at radius 2 is 1.58 bits per heavy atom. The van der Waals surface area contributed by atoms with Gasteiger partial charge in [0.05, 0.1) is 5.56 Å². The van der Waals surface area contributed by atoms with Gasteiger partial charge in [-0.1, -0.05) is 18.2 Å². The molecule has 0 saturated heterocycles. The number of halogens is 5. The third kappa shape index (κ3) is 2.59. The van der Waals surface area contributed by atoms with Gasteiger partial charge in [0.1, 0.15) is 0 Å². The molecule has 0 aliphatic carbocycles. The Morgan fingerprint density at radius 1 is 0.947 bits per heavy atom. The summed E-state index contributed by atoms with van der Waals surface area (Å²) in [6.45, 7) is 1.30. The Kier molecular flexibility index (Phi) is 3.30. The van der Waals surface area contributed by atoms with Crippen LogP contribution in [0.3, 0.4) is 0 Å². The molecule has 0 amide bonds. The quantitative estimate of drug-likeness (QED) is 0.644. The van der Waals surface area contributed by atoms with Gasteiger partial charge < -0.3 is 0 Å². The second kappa shape index (κ2) is 4.64. The van der Waals surface area contributed by atoms with Crippen LogP contribution >= 0.6 is 0 Å². The molecule has 0 atom stereocenters. The highest BCUT2D eigenvalue weighted by Gasteiger charge is 2.33. The van der Waals surface area contributed by atoms with Crippen molar-refractivity contribution in [1.82, 2.24) is 0 Å². The highest BCUT2D eigenvalue weighted by Crippen LogP contribution is 2.37. The lowest BCUT2D eigenvalue weighted by Crippen LogP contribution is -2.07. The third-order valence-corrected chi connectivity index (χ3v) is 2.75. The van der Waals surface area contributed by atoms with E-state index >= 15 is 0 Å². The van der Waals surface area contributed by atoms with Crippen molar-refractivity contribution in [3.05, 3.63) is 59.2 Å². The van der Waals surface area contributed by atoms with Gasteiger partial charge in [-0.15, -0.1) is 0 Å². The first-order valence-corrected chi connectivity index (χ1v) is 5.43. The summed E-state index contributed by atoms with van der Waals surface area (Å²) in [5, 5.41) is 0. The Labute approximate surface area is 106 Å². The zero-order chi connectivity index (χ0) is 14.2. The van der Waals surface area contributed by atoms with E-state index in [0.717, 1.165) is 12.1 Å². The summed E-state index contributed by atoms with van der Waals surface area (Å²) in [5.41, 5.74) is -1.08. The predicted octanol–water partition coefficient (Wildman–Crippen LogP) is 4.96. The van der Waals surface area contributed by atoms with Gasteiger partial charge in [-0.3, -0.25) is 0 Å². The van der Waals surface area contributed by atoms with Crippen LogP contribution in [-0.4, -0.2) is 0 Å². The van der Waals surface area contributed by atoms with Gasteiger partial charge in [0.15, 0.2) is 11.6 Å². The van der Waals surface area contributed by atoms with Crippen molar-refractivity contribution >= 4 is 0 Å². The second-order valence-electron chi connectivity index (χ2n) is 4.13. The van der Waals surface area contributed by atoms with Crippen LogP contribution < -0.4 is 0 Å². The summed E-state index contributed by atoms with van der Waals surface area (Å²) in [5.74, 6) is -2.21. The van der Waals surface area contributed by atoms with E-state index in [1.54, 1.807) is 0 Å². The van der Waals surface area contributed by atoms with E-state index in [0.29, 0.717) is 0 Å². The van der Waals surface area contributed by atoms with Crippen molar-refractivity contribution in [2.24, 2.45) is 0 Å². The van der Waals surface area contributed by atoms with Crippen molar-refractivity contribution in [2.45, 2.75) is 13.1 Å². The first-order valence-electron chi connectivity index (χ1n) is 5.43. The number of aryl methyl sites for hydroxylation is 1. The Balaban J connectivity index is 2.67. The fourth-order valence-corrected chi connectivity index (χ4v) is 1.86. The van der Waals surface area contributed by atoms with E-state index < -0.39 is 23.4 Å². The number of benzene rings is 2. The molecule has 0 N–H and O–H groups in total. The number of hydrogen-bond acceptors (Lipinski definition) is 0. The summed E-state index contributed by atoms with van der Waals surface area (Å²) in [6, 6.07) is 6.77. The molecule has 0 fully saturated rings. The standard InChI is InChI=1S/C14H9F5/c1-8-6-9(7-12(15)13(8)16)10-4-2-3-5-11(10)14(17,18)19/h2-7H,1H3. The molecule has 0 saturated carbocycles. The average Bonchev–Trinajstić information content (AvgIpc) is 2.34. The Morgan fingerprint density at radius 3 is 2.16 bits per heavy atom. The summed E-state index contributed by atoms with van der Waals surface area (Å²) >= 11 is 0. The molecular weight excluding hydrogens is 263 g/mol. The summed E-state index contributed by atoms with van der Waals surface area (Å²) in [7, 11) is 0. The normalized spacial score (nSPS) is 11.7. The van der Waals surface area contributed by atoms with Gasteiger partial charge in [-0.2, -0.15) is 13.2 Å². The van der Waals surface area contributed by atoms with Gasteiger partial charge in [-0.05, 0) is 41.8 Å². The molecule has 2 aromatic carbocycles. The van der Waals surface area contributed by atoms with Crippen LogP contribution in [0.25, 0.3) is 11.1 Å². The minimum atomic E-state index is -4.55. The van der Waals surface area contributed by atoms with Crippen LogP contribution in [0.4, 0.5) is 22.0 Å². The lowest BCUT2D eigenvalue weighted by Gasteiger charge is -2.13. The molecule has 5 heteroatoms. The zero-order valence-corrected chi connectivity index (χ0v) is 9.85. The topological polar surface area (TPSA) is 0 Å². The maximum Gasteiger partial charge on any atom is 0.417 e. The van der Waals surface area contributed by atoms with Gasteiger partial charge in [-0.25, -0.2) is 8.78 Å². The SMILES string of the molecule is Cc1cc(-c2ccccc2C(F)(F)F)cc(F)c1F. The average molecular weight is 272 g/mol. The molecule has 0 nitrogen and oxygen atoms in total. The minimum Gasteiger partial charge on any atom is -0.204 e. The molecular formula is C14H9F5. The summed E-state index contributed by atoms with van der Waals surface area (Å²) < 4.78 is 65.0. The molecule has 0 bridgehead atoms. The summed E-state index contributed by atoms with van der Waals surface area (Å²) in [4.78, 5) is 0.